The minimum Gasteiger partial charge on any atom is -0.488 e. The first-order chi connectivity index (χ1) is 13.1. The van der Waals surface area contributed by atoms with E-state index in [2.05, 4.69) is 22.3 Å². The van der Waals surface area contributed by atoms with Crippen molar-refractivity contribution < 1.29 is 14.1 Å². The summed E-state index contributed by atoms with van der Waals surface area (Å²) in [5.74, 6) is 2.01. The normalized spacial score (nSPS) is 19.1. The number of piperidine rings is 1. The lowest BCUT2D eigenvalue weighted by atomic mass is 10.0. The number of rotatable bonds is 5. The first-order valence-electron chi connectivity index (χ1n) is 9.84. The average Bonchev–Trinajstić information content (AvgIpc) is 3.10. The summed E-state index contributed by atoms with van der Waals surface area (Å²) in [4.78, 5) is 15.0. The number of carbonyl (C=O) groups excluding carboxylic acids is 1. The minimum absolute atomic E-state index is 0.188. The molecule has 0 aliphatic carbocycles. The third kappa shape index (κ3) is 3.86. The van der Waals surface area contributed by atoms with Gasteiger partial charge in [-0.3, -0.25) is 4.79 Å². The van der Waals surface area contributed by atoms with Crippen molar-refractivity contribution in [1.29, 1.82) is 0 Å². The molecule has 6 heteroatoms. The predicted molar refractivity (Wildman–Crippen MR) is 103 cm³/mol. The standard InChI is InChI=1S/C21H27N3O3/c1-14-6-7-18-16(11-14)20-17(13-26-18)19(23-27-20)21(25)22-8-4-10-24-9-3-5-15(2)12-24/h6-7,11,15H,3-5,8-10,12-13H2,1-2H3,(H,22,25)/t15-/m1/s1. The van der Waals surface area contributed by atoms with E-state index >= 15 is 0 Å². The zero-order chi connectivity index (χ0) is 18.8. The lowest BCUT2D eigenvalue weighted by Crippen LogP contribution is -2.36. The third-order valence-electron chi connectivity index (χ3n) is 5.43. The second-order valence-corrected chi connectivity index (χ2v) is 7.78. The quantitative estimate of drug-likeness (QED) is 0.818. The number of carbonyl (C=O) groups is 1. The van der Waals surface area contributed by atoms with Gasteiger partial charge in [0.2, 0.25) is 0 Å². The molecule has 1 saturated heterocycles. The molecular formula is C21H27N3O3. The second-order valence-electron chi connectivity index (χ2n) is 7.78. The number of aromatic nitrogens is 1. The molecular weight excluding hydrogens is 342 g/mol. The van der Waals surface area contributed by atoms with Crippen LogP contribution < -0.4 is 10.1 Å². The highest BCUT2D eigenvalue weighted by molar-refractivity contribution is 5.95. The summed E-state index contributed by atoms with van der Waals surface area (Å²) in [6, 6.07) is 5.92. The van der Waals surface area contributed by atoms with Crippen LogP contribution in [0.2, 0.25) is 0 Å². The maximum Gasteiger partial charge on any atom is 0.273 e. The molecule has 6 nitrogen and oxygen atoms in total. The summed E-state index contributed by atoms with van der Waals surface area (Å²) < 4.78 is 11.3. The molecule has 27 heavy (non-hydrogen) atoms. The van der Waals surface area contributed by atoms with Gasteiger partial charge in [-0.05, 0) is 57.3 Å². The van der Waals surface area contributed by atoms with Crippen LogP contribution in [0.5, 0.6) is 5.75 Å². The third-order valence-corrected chi connectivity index (χ3v) is 5.43. The molecule has 2 aliphatic heterocycles. The van der Waals surface area contributed by atoms with E-state index in [0.717, 1.165) is 41.3 Å². The van der Waals surface area contributed by atoms with Crippen molar-refractivity contribution in [2.75, 3.05) is 26.2 Å². The number of likely N-dealkylation sites (tertiary alicyclic amines) is 1. The van der Waals surface area contributed by atoms with Crippen LogP contribution in [0.4, 0.5) is 0 Å². The second kappa shape index (κ2) is 7.72. The molecule has 1 fully saturated rings. The van der Waals surface area contributed by atoms with Crippen LogP contribution in [0.3, 0.4) is 0 Å². The van der Waals surface area contributed by atoms with Crippen molar-refractivity contribution in [1.82, 2.24) is 15.4 Å². The molecule has 1 amide bonds. The van der Waals surface area contributed by atoms with Crippen molar-refractivity contribution in [2.45, 2.75) is 39.7 Å². The number of fused-ring (bicyclic) bond motifs is 3. The monoisotopic (exact) mass is 369 g/mol. The number of hydrogen-bond acceptors (Lipinski definition) is 5. The maximum atomic E-state index is 12.6. The Morgan fingerprint density at radius 1 is 1.41 bits per heavy atom. The SMILES string of the molecule is Cc1ccc2c(c1)-c1onc(C(=O)NCCCN3CCC[C@@H](C)C3)c1CO2. The van der Waals surface area contributed by atoms with Gasteiger partial charge in [0.15, 0.2) is 11.5 Å². The van der Waals surface area contributed by atoms with E-state index < -0.39 is 0 Å². The number of hydrogen-bond donors (Lipinski definition) is 1. The Bertz CT molecular complexity index is 830. The summed E-state index contributed by atoms with van der Waals surface area (Å²) in [5.41, 5.74) is 3.04. The number of nitrogens with one attached hydrogen (secondary N) is 1. The lowest BCUT2D eigenvalue weighted by molar-refractivity contribution is 0.0939. The van der Waals surface area contributed by atoms with Crippen molar-refractivity contribution in [2.24, 2.45) is 5.92 Å². The van der Waals surface area contributed by atoms with E-state index in [-0.39, 0.29) is 5.91 Å². The van der Waals surface area contributed by atoms with Gasteiger partial charge in [-0.15, -0.1) is 0 Å². The van der Waals surface area contributed by atoms with Gasteiger partial charge in [-0.2, -0.15) is 0 Å². The summed E-state index contributed by atoms with van der Waals surface area (Å²) in [6.07, 6.45) is 3.55. The Hall–Kier alpha value is -2.34. The number of aryl methyl sites for hydroxylation is 1. The highest BCUT2D eigenvalue weighted by atomic mass is 16.5. The fourth-order valence-electron chi connectivity index (χ4n) is 4.01. The molecule has 2 aromatic rings. The zero-order valence-electron chi connectivity index (χ0n) is 16.1. The van der Waals surface area contributed by atoms with Crippen molar-refractivity contribution in [3.8, 4) is 17.1 Å². The van der Waals surface area contributed by atoms with E-state index in [9.17, 15) is 4.79 Å². The first kappa shape index (κ1) is 18.0. The Kier molecular flexibility index (Phi) is 5.16. The fraction of sp³-hybridized carbons (Fsp3) is 0.524. The average molecular weight is 369 g/mol. The predicted octanol–water partition coefficient (Wildman–Crippen LogP) is 3.39. The van der Waals surface area contributed by atoms with Gasteiger partial charge in [0.1, 0.15) is 12.4 Å². The van der Waals surface area contributed by atoms with Gasteiger partial charge in [0.25, 0.3) is 5.91 Å². The highest BCUT2D eigenvalue weighted by Gasteiger charge is 2.28. The smallest absolute Gasteiger partial charge is 0.273 e. The maximum absolute atomic E-state index is 12.6. The van der Waals surface area contributed by atoms with Crippen LogP contribution in [-0.2, 0) is 6.61 Å². The van der Waals surface area contributed by atoms with E-state index in [1.165, 1.54) is 25.9 Å². The molecule has 0 spiro atoms. The van der Waals surface area contributed by atoms with E-state index in [1.54, 1.807) is 0 Å². The molecule has 0 bridgehead atoms. The molecule has 0 radical (unpaired) electrons. The molecule has 1 aromatic heterocycles. The fourth-order valence-corrected chi connectivity index (χ4v) is 4.01. The first-order valence-corrected chi connectivity index (χ1v) is 9.84. The molecule has 1 atom stereocenters. The molecule has 4 rings (SSSR count). The Morgan fingerprint density at radius 3 is 3.15 bits per heavy atom. The largest absolute Gasteiger partial charge is 0.488 e. The molecule has 1 N–H and O–H groups in total. The van der Waals surface area contributed by atoms with E-state index in [4.69, 9.17) is 9.26 Å². The van der Waals surface area contributed by atoms with Gasteiger partial charge in [-0.1, -0.05) is 23.7 Å². The van der Waals surface area contributed by atoms with Crippen molar-refractivity contribution >= 4 is 5.91 Å². The van der Waals surface area contributed by atoms with E-state index in [0.29, 0.717) is 24.6 Å². The number of nitrogens with zero attached hydrogens (tertiary/aromatic N) is 2. The molecule has 0 unspecified atom stereocenters. The Balaban J connectivity index is 1.35. The number of benzene rings is 1. The highest BCUT2D eigenvalue weighted by Crippen LogP contribution is 2.39. The van der Waals surface area contributed by atoms with Crippen LogP contribution in [0.25, 0.3) is 11.3 Å². The molecule has 1 aromatic carbocycles. The molecule has 144 valence electrons. The summed E-state index contributed by atoms with van der Waals surface area (Å²) in [6.45, 7) is 8.64. The van der Waals surface area contributed by atoms with Crippen molar-refractivity contribution in [3.63, 3.8) is 0 Å². The van der Waals surface area contributed by atoms with Crippen LogP contribution in [0.15, 0.2) is 22.7 Å². The van der Waals surface area contributed by atoms with Crippen molar-refractivity contribution in [3.05, 3.63) is 35.0 Å². The zero-order valence-corrected chi connectivity index (χ0v) is 16.1. The van der Waals surface area contributed by atoms with Crippen LogP contribution >= 0.6 is 0 Å². The van der Waals surface area contributed by atoms with Gasteiger partial charge in [0.05, 0.1) is 11.1 Å². The Morgan fingerprint density at radius 2 is 2.30 bits per heavy atom. The lowest BCUT2D eigenvalue weighted by Gasteiger charge is -2.30. The summed E-state index contributed by atoms with van der Waals surface area (Å²) in [5, 5.41) is 7.01. The van der Waals surface area contributed by atoms with Gasteiger partial charge in [0, 0.05) is 13.1 Å². The van der Waals surface area contributed by atoms with Gasteiger partial charge >= 0.3 is 0 Å². The summed E-state index contributed by atoms with van der Waals surface area (Å²) >= 11 is 0. The topological polar surface area (TPSA) is 67.6 Å². The van der Waals surface area contributed by atoms with Crippen LogP contribution in [0.1, 0.15) is 47.8 Å². The van der Waals surface area contributed by atoms with Crippen LogP contribution in [-0.4, -0.2) is 42.1 Å². The number of amides is 1. The van der Waals surface area contributed by atoms with Gasteiger partial charge < -0.3 is 19.5 Å². The molecule has 3 heterocycles. The van der Waals surface area contributed by atoms with Gasteiger partial charge in [-0.25, -0.2) is 0 Å². The minimum atomic E-state index is -0.188. The van der Waals surface area contributed by atoms with Crippen LogP contribution in [0, 0.1) is 12.8 Å². The molecule has 2 aliphatic rings. The van der Waals surface area contributed by atoms with E-state index in [1.807, 2.05) is 25.1 Å². The summed E-state index contributed by atoms with van der Waals surface area (Å²) in [7, 11) is 0. The Labute approximate surface area is 159 Å². The number of ether oxygens (including phenoxy) is 1. The molecule has 0 saturated carbocycles.